The number of ether oxygens (including phenoxy) is 1. The Hall–Kier alpha value is -0.0151. The van der Waals surface area contributed by atoms with Crippen molar-refractivity contribution in [3.8, 4) is 0 Å². The van der Waals surface area contributed by atoms with E-state index in [9.17, 15) is 0 Å². The highest BCUT2D eigenvalue weighted by atomic mass is 16.5. The molecule has 1 heterocycles. The third-order valence-electron chi connectivity index (χ3n) is 2.45. The van der Waals surface area contributed by atoms with Crippen LogP contribution in [-0.4, -0.2) is 31.7 Å². The van der Waals surface area contributed by atoms with Crippen LogP contribution in [0.4, 0.5) is 0 Å². The minimum Gasteiger partial charge on any atom is -0.394 e. The zero-order chi connectivity index (χ0) is 7.72. The Bertz CT molecular complexity index is 118. The summed E-state index contributed by atoms with van der Waals surface area (Å²) in [5.41, 5.74) is 0. The minimum absolute atomic E-state index is 0.0509. The monoisotopic (exact) mass is 140 g/mol. The SMILES string of the molecule is [B]C1O[C@H](CO)[C@@H](C)[C@H]1C. The van der Waals surface area contributed by atoms with Crippen molar-refractivity contribution in [2.45, 2.75) is 26.0 Å². The van der Waals surface area contributed by atoms with Gasteiger partial charge in [-0.05, 0) is 11.8 Å². The molecule has 4 atom stereocenters. The Morgan fingerprint density at radius 2 is 2.00 bits per heavy atom. The molecule has 1 fully saturated rings. The fourth-order valence-electron chi connectivity index (χ4n) is 1.30. The van der Waals surface area contributed by atoms with Gasteiger partial charge >= 0.3 is 0 Å². The van der Waals surface area contributed by atoms with Gasteiger partial charge in [0.2, 0.25) is 0 Å². The molecule has 2 radical (unpaired) electrons. The predicted molar refractivity (Wildman–Crippen MR) is 39.8 cm³/mol. The van der Waals surface area contributed by atoms with Crippen molar-refractivity contribution in [1.82, 2.24) is 0 Å². The fraction of sp³-hybridized carbons (Fsp3) is 1.00. The average Bonchev–Trinajstić information content (AvgIpc) is 2.17. The zero-order valence-corrected chi connectivity index (χ0v) is 6.45. The first-order chi connectivity index (χ1) is 4.66. The van der Waals surface area contributed by atoms with Crippen LogP contribution in [0.2, 0.25) is 0 Å². The molecule has 0 amide bonds. The molecule has 0 aliphatic carbocycles. The second-order valence-electron chi connectivity index (χ2n) is 3.04. The molecule has 1 N–H and O–H groups in total. The van der Waals surface area contributed by atoms with Crippen molar-refractivity contribution in [3.63, 3.8) is 0 Å². The number of hydrogen-bond acceptors (Lipinski definition) is 2. The molecule has 1 rings (SSSR count). The van der Waals surface area contributed by atoms with Crippen molar-refractivity contribution in [3.05, 3.63) is 0 Å². The van der Waals surface area contributed by atoms with Gasteiger partial charge in [-0.2, -0.15) is 0 Å². The van der Waals surface area contributed by atoms with Gasteiger partial charge in [0, 0.05) is 6.00 Å². The summed E-state index contributed by atoms with van der Waals surface area (Å²) in [7, 11) is 5.60. The van der Waals surface area contributed by atoms with E-state index in [1.807, 2.05) is 6.92 Å². The van der Waals surface area contributed by atoms with Crippen LogP contribution < -0.4 is 0 Å². The van der Waals surface area contributed by atoms with Gasteiger partial charge in [-0.15, -0.1) is 0 Å². The number of aliphatic hydroxyl groups excluding tert-OH is 1. The molecule has 0 saturated carbocycles. The first kappa shape index (κ1) is 8.09. The number of hydrogen-bond donors (Lipinski definition) is 1. The van der Waals surface area contributed by atoms with Crippen LogP contribution in [-0.2, 0) is 4.74 Å². The molecule has 1 aliphatic heterocycles. The van der Waals surface area contributed by atoms with Gasteiger partial charge in [0.25, 0.3) is 0 Å². The van der Waals surface area contributed by atoms with Crippen LogP contribution >= 0.6 is 0 Å². The molecule has 0 spiro atoms. The van der Waals surface area contributed by atoms with E-state index < -0.39 is 0 Å². The molecular weight excluding hydrogens is 127 g/mol. The molecule has 2 nitrogen and oxygen atoms in total. The predicted octanol–water partition coefficient (Wildman–Crippen LogP) is 0.144. The van der Waals surface area contributed by atoms with E-state index in [1.54, 1.807) is 0 Å². The number of rotatable bonds is 1. The van der Waals surface area contributed by atoms with Gasteiger partial charge in [0.1, 0.15) is 7.85 Å². The second-order valence-corrected chi connectivity index (χ2v) is 3.04. The lowest BCUT2D eigenvalue weighted by molar-refractivity contribution is 0.0286. The average molecular weight is 140 g/mol. The van der Waals surface area contributed by atoms with Gasteiger partial charge in [-0.25, -0.2) is 0 Å². The third kappa shape index (κ3) is 1.20. The maximum absolute atomic E-state index is 8.79. The van der Waals surface area contributed by atoms with E-state index in [0.717, 1.165) is 0 Å². The first-order valence-corrected chi connectivity index (χ1v) is 3.68. The highest BCUT2D eigenvalue weighted by Crippen LogP contribution is 2.29. The third-order valence-corrected chi connectivity index (χ3v) is 2.45. The van der Waals surface area contributed by atoms with Crippen LogP contribution in [0, 0.1) is 11.8 Å². The maximum atomic E-state index is 8.79. The molecule has 1 unspecified atom stereocenters. The van der Waals surface area contributed by atoms with E-state index in [4.69, 9.17) is 17.7 Å². The largest absolute Gasteiger partial charge is 0.394 e. The van der Waals surface area contributed by atoms with E-state index in [2.05, 4.69) is 6.92 Å². The van der Waals surface area contributed by atoms with Crippen molar-refractivity contribution in [2.75, 3.05) is 6.61 Å². The lowest BCUT2D eigenvalue weighted by Crippen LogP contribution is -2.19. The number of aliphatic hydroxyl groups is 1. The smallest absolute Gasteiger partial charge is 0.109 e. The van der Waals surface area contributed by atoms with Gasteiger partial charge in [-0.1, -0.05) is 13.8 Å². The molecule has 0 aromatic heterocycles. The molecule has 0 aromatic carbocycles. The second kappa shape index (κ2) is 2.93. The molecule has 0 aromatic rings. The van der Waals surface area contributed by atoms with Gasteiger partial charge in [-0.3, -0.25) is 0 Å². The van der Waals surface area contributed by atoms with Crippen LogP contribution in [0.3, 0.4) is 0 Å². The summed E-state index contributed by atoms with van der Waals surface area (Å²) in [6.07, 6.45) is -0.0509. The quantitative estimate of drug-likeness (QED) is 0.525. The van der Waals surface area contributed by atoms with E-state index in [0.29, 0.717) is 11.8 Å². The van der Waals surface area contributed by atoms with Crippen molar-refractivity contribution < 1.29 is 9.84 Å². The standard InChI is InChI=1S/C7H13BO2/c1-4-5(2)7(8)10-6(4)3-9/h4-7,9H,3H2,1-2H3/t4-,5+,6+,7?/m0/s1. The highest BCUT2D eigenvalue weighted by molar-refractivity contribution is 6.11. The summed E-state index contributed by atoms with van der Waals surface area (Å²) in [5.74, 6) is 0.733. The summed E-state index contributed by atoms with van der Waals surface area (Å²) in [4.78, 5) is 0. The Kier molecular flexibility index (Phi) is 2.37. The summed E-state index contributed by atoms with van der Waals surface area (Å²) < 4.78 is 5.26. The Labute approximate surface area is 63.0 Å². The minimum atomic E-state index is -0.188. The highest BCUT2D eigenvalue weighted by Gasteiger charge is 2.35. The molecule has 0 bridgehead atoms. The molecule has 3 heteroatoms. The lowest BCUT2D eigenvalue weighted by atomic mass is 9.82. The van der Waals surface area contributed by atoms with Gasteiger partial charge in [0.05, 0.1) is 12.7 Å². The molecule has 10 heavy (non-hydrogen) atoms. The summed E-state index contributed by atoms with van der Waals surface area (Å²) in [5, 5.41) is 8.79. The maximum Gasteiger partial charge on any atom is 0.109 e. The van der Waals surface area contributed by atoms with Gasteiger partial charge in [0.15, 0.2) is 0 Å². The summed E-state index contributed by atoms with van der Waals surface area (Å²) >= 11 is 0. The Morgan fingerprint density at radius 1 is 1.40 bits per heavy atom. The van der Waals surface area contributed by atoms with Crippen LogP contribution in [0.1, 0.15) is 13.8 Å². The van der Waals surface area contributed by atoms with E-state index in [-0.39, 0.29) is 18.7 Å². The summed E-state index contributed by atoms with van der Waals surface area (Å²) in [6, 6.07) is -0.188. The Morgan fingerprint density at radius 3 is 2.20 bits per heavy atom. The first-order valence-electron chi connectivity index (χ1n) is 3.68. The molecule has 56 valence electrons. The lowest BCUT2D eigenvalue weighted by Gasteiger charge is -2.12. The van der Waals surface area contributed by atoms with Crippen molar-refractivity contribution in [2.24, 2.45) is 11.8 Å². The van der Waals surface area contributed by atoms with Crippen molar-refractivity contribution in [1.29, 1.82) is 0 Å². The van der Waals surface area contributed by atoms with E-state index >= 15 is 0 Å². The van der Waals surface area contributed by atoms with Crippen LogP contribution in [0.5, 0.6) is 0 Å². The Balaban J connectivity index is 2.53. The van der Waals surface area contributed by atoms with Gasteiger partial charge < -0.3 is 9.84 Å². The van der Waals surface area contributed by atoms with Crippen LogP contribution in [0.25, 0.3) is 0 Å². The normalized spacial score (nSPS) is 47.9. The zero-order valence-electron chi connectivity index (χ0n) is 6.45. The molecule has 1 aliphatic rings. The molecular formula is C7H13BO2. The van der Waals surface area contributed by atoms with E-state index in [1.165, 1.54) is 0 Å². The molecule has 1 saturated heterocycles. The van der Waals surface area contributed by atoms with Crippen molar-refractivity contribution >= 4 is 7.85 Å². The summed E-state index contributed by atoms with van der Waals surface area (Å²) in [6.45, 7) is 4.18. The topological polar surface area (TPSA) is 29.5 Å². The van der Waals surface area contributed by atoms with Crippen LogP contribution in [0.15, 0.2) is 0 Å². The fourth-order valence-corrected chi connectivity index (χ4v) is 1.30.